The van der Waals surface area contributed by atoms with Gasteiger partial charge in [0.15, 0.2) is 0 Å². The van der Waals surface area contributed by atoms with E-state index in [1.165, 1.54) is 0 Å². The van der Waals surface area contributed by atoms with E-state index in [9.17, 15) is 0 Å². The molecule has 0 saturated heterocycles. The summed E-state index contributed by atoms with van der Waals surface area (Å²) < 4.78 is 0. The van der Waals surface area contributed by atoms with Gasteiger partial charge in [-0.2, -0.15) is 0 Å². The van der Waals surface area contributed by atoms with E-state index in [-0.39, 0.29) is 5.41 Å². The minimum atomic E-state index is 0.189. The summed E-state index contributed by atoms with van der Waals surface area (Å²) in [5, 5.41) is 0. The lowest BCUT2D eigenvalue weighted by atomic mass is 9.98. The standard InChI is InChI=1S/C7H12.C5H8/c1-5-6-7(2,3)4;1-3-5-4-2/h1-4H3;3-4H,1-2H3. The first kappa shape index (κ1) is 13.7. The van der Waals surface area contributed by atoms with Crippen LogP contribution in [0, 0.1) is 17.3 Å². The molecule has 0 N–H and O–H groups in total. The van der Waals surface area contributed by atoms with Crippen molar-refractivity contribution >= 4 is 0 Å². The summed E-state index contributed by atoms with van der Waals surface area (Å²) in [7, 11) is 0. The highest BCUT2D eigenvalue weighted by molar-refractivity contribution is 5.04. The molecule has 0 radical (unpaired) electrons. The van der Waals surface area contributed by atoms with Gasteiger partial charge in [-0.1, -0.05) is 5.92 Å². The molecule has 0 unspecified atom stereocenters. The monoisotopic (exact) mass is 164 g/mol. The predicted octanol–water partition coefficient (Wildman–Crippen LogP) is 3.79. The van der Waals surface area contributed by atoms with Gasteiger partial charge in [0.2, 0.25) is 0 Å². The number of hydrogen-bond acceptors (Lipinski definition) is 0. The Morgan fingerprint density at radius 3 is 1.42 bits per heavy atom. The normalized spacial score (nSPS) is 7.83. The topological polar surface area (TPSA) is 0 Å². The highest BCUT2D eigenvalue weighted by Crippen LogP contribution is 2.09. The Kier molecular flexibility index (Phi) is 9.31. The fourth-order valence-corrected chi connectivity index (χ4v) is 0.542. The second-order valence-electron chi connectivity index (χ2n) is 3.37. The maximum Gasteiger partial charge on any atom is 0.0230 e. The van der Waals surface area contributed by atoms with Gasteiger partial charge in [0.1, 0.15) is 0 Å². The summed E-state index contributed by atoms with van der Waals surface area (Å²) in [6.07, 6.45) is 3.75. The lowest BCUT2D eigenvalue weighted by Gasteiger charge is -2.05. The van der Waals surface area contributed by atoms with Crippen molar-refractivity contribution in [3.05, 3.63) is 17.9 Å². The minimum absolute atomic E-state index is 0.189. The Labute approximate surface area is 77.4 Å². The molecule has 12 heavy (non-hydrogen) atoms. The van der Waals surface area contributed by atoms with Crippen molar-refractivity contribution in [1.82, 2.24) is 0 Å². The van der Waals surface area contributed by atoms with Crippen LogP contribution in [0.5, 0.6) is 0 Å². The van der Waals surface area contributed by atoms with Crippen LogP contribution in [0.4, 0.5) is 0 Å². The average molecular weight is 164 g/mol. The van der Waals surface area contributed by atoms with Crippen LogP contribution < -0.4 is 0 Å². The van der Waals surface area contributed by atoms with Gasteiger partial charge in [0.05, 0.1) is 0 Å². The first-order chi connectivity index (χ1) is 5.47. The molecule has 0 heteroatoms. The van der Waals surface area contributed by atoms with Gasteiger partial charge in [-0.25, -0.2) is 0 Å². The molecule has 0 saturated carbocycles. The molecule has 0 rings (SSSR count). The molecule has 0 nitrogen and oxygen atoms in total. The molecule has 0 fully saturated rings. The fraction of sp³-hybridized carbons (Fsp3) is 0.583. The Balaban J connectivity index is 0. The van der Waals surface area contributed by atoms with E-state index >= 15 is 0 Å². The van der Waals surface area contributed by atoms with Crippen LogP contribution in [0.1, 0.15) is 41.5 Å². The van der Waals surface area contributed by atoms with E-state index in [0.717, 1.165) is 0 Å². The van der Waals surface area contributed by atoms with Gasteiger partial charge in [-0.3, -0.25) is 0 Å². The predicted molar refractivity (Wildman–Crippen MR) is 56.9 cm³/mol. The highest BCUT2D eigenvalue weighted by Gasteiger charge is 2.01. The Hall–Kier alpha value is -0.920. The third-order valence-corrected chi connectivity index (χ3v) is 0.833. The van der Waals surface area contributed by atoms with Crippen LogP contribution >= 0.6 is 0 Å². The highest BCUT2D eigenvalue weighted by atomic mass is 14.0. The first-order valence-corrected chi connectivity index (χ1v) is 4.23. The number of allylic oxidation sites excluding steroid dienone is 1. The van der Waals surface area contributed by atoms with Gasteiger partial charge < -0.3 is 0 Å². The van der Waals surface area contributed by atoms with Gasteiger partial charge in [0, 0.05) is 5.41 Å². The summed E-state index contributed by atoms with van der Waals surface area (Å²) in [6, 6.07) is 0. The molecule has 0 spiro atoms. The SMILES string of the molecule is CC#CC(C)(C)C.CC=C=CC. The number of hydrogen-bond donors (Lipinski definition) is 0. The molecular weight excluding hydrogens is 144 g/mol. The van der Waals surface area contributed by atoms with E-state index in [4.69, 9.17) is 0 Å². The van der Waals surface area contributed by atoms with Gasteiger partial charge in [-0.05, 0) is 53.7 Å². The molecule has 0 aliphatic carbocycles. The lowest BCUT2D eigenvalue weighted by Crippen LogP contribution is -1.98. The van der Waals surface area contributed by atoms with Gasteiger partial charge in [-0.15, -0.1) is 11.7 Å². The molecule has 0 aromatic heterocycles. The van der Waals surface area contributed by atoms with E-state index < -0.39 is 0 Å². The molecule has 0 heterocycles. The summed E-state index contributed by atoms with van der Waals surface area (Å²) in [5.41, 5.74) is 3.05. The second-order valence-corrected chi connectivity index (χ2v) is 3.37. The summed E-state index contributed by atoms with van der Waals surface area (Å²) >= 11 is 0. The largest absolute Gasteiger partial charge is 0.130 e. The van der Waals surface area contributed by atoms with Crippen molar-refractivity contribution in [1.29, 1.82) is 0 Å². The Morgan fingerprint density at radius 2 is 1.42 bits per heavy atom. The maximum atomic E-state index is 3.03. The van der Waals surface area contributed by atoms with Crippen molar-refractivity contribution < 1.29 is 0 Å². The van der Waals surface area contributed by atoms with Crippen molar-refractivity contribution in [2.45, 2.75) is 41.5 Å². The van der Waals surface area contributed by atoms with E-state index in [1.807, 2.05) is 32.9 Å². The second kappa shape index (κ2) is 8.18. The van der Waals surface area contributed by atoms with Gasteiger partial charge >= 0.3 is 0 Å². The minimum Gasteiger partial charge on any atom is -0.130 e. The molecule has 0 atom stereocenters. The van der Waals surface area contributed by atoms with E-state index in [1.54, 1.807) is 0 Å². The fourth-order valence-electron chi connectivity index (χ4n) is 0.542. The van der Waals surface area contributed by atoms with E-state index in [2.05, 4.69) is 38.3 Å². The lowest BCUT2D eigenvalue weighted by molar-refractivity contribution is 0.571. The Bertz CT molecular complexity index is 190. The zero-order valence-electron chi connectivity index (χ0n) is 9.15. The third-order valence-electron chi connectivity index (χ3n) is 0.833. The van der Waals surface area contributed by atoms with Crippen LogP contribution in [0.25, 0.3) is 0 Å². The zero-order chi connectivity index (χ0) is 10.0. The zero-order valence-corrected chi connectivity index (χ0v) is 9.15. The van der Waals surface area contributed by atoms with Crippen LogP contribution in [0.3, 0.4) is 0 Å². The molecule has 0 bridgehead atoms. The smallest absolute Gasteiger partial charge is 0.0230 e. The maximum absolute atomic E-state index is 3.03. The van der Waals surface area contributed by atoms with Crippen molar-refractivity contribution in [2.75, 3.05) is 0 Å². The summed E-state index contributed by atoms with van der Waals surface area (Å²) in [4.78, 5) is 0. The van der Waals surface area contributed by atoms with Crippen LogP contribution in [-0.2, 0) is 0 Å². The summed E-state index contributed by atoms with van der Waals surface area (Å²) in [6.45, 7) is 12.1. The van der Waals surface area contributed by atoms with Gasteiger partial charge in [0.25, 0.3) is 0 Å². The molecule has 68 valence electrons. The van der Waals surface area contributed by atoms with Crippen molar-refractivity contribution in [3.63, 3.8) is 0 Å². The van der Waals surface area contributed by atoms with E-state index in [0.29, 0.717) is 0 Å². The molecule has 0 aliphatic rings. The van der Waals surface area contributed by atoms with Crippen LogP contribution in [0.2, 0.25) is 0 Å². The molecule has 0 aromatic carbocycles. The number of rotatable bonds is 0. The Morgan fingerprint density at radius 1 is 1.00 bits per heavy atom. The first-order valence-electron chi connectivity index (χ1n) is 4.23. The van der Waals surface area contributed by atoms with Crippen molar-refractivity contribution in [2.24, 2.45) is 5.41 Å². The van der Waals surface area contributed by atoms with Crippen LogP contribution in [0.15, 0.2) is 17.9 Å². The molecule has 0 aliphatic heterocycles. The van der Waals surface area contributed by atoms with Crippen molar-refractivity contribution in [3.8, 4) is 11.8 Å². The third kappa shape index (κ3) is 23.0. The molecular formula is C12H20. The quantitative estimate of drug-likeness (QED) is 0.377. The molecule has 0 amide bonds. The van der Waals surface area contributed by atoms with Crippen LogP contribution in [-0.4, -0.2) is 0 Å². The average Bonchev–Trinajstić information content (AvgIpc) is 1.87. The summed E-state index contributed by atoms with van der Waals surface area (Å²) in [5.74, 6) is 5.89. The molecule has 0 aromatic rings.